The first-order chi connectivity index (χ1) is 14.7. The lowest BCUT2D eigenvalue weighted by Crippen LogP contribution is -1.99. The Labute approximate surface area is 171 Å². The molecule has 0 fully saturated rings. The Bertz CT molecular complexity index is 1560. The smallest absolute Gasteiger partial charge is 0.149 e. The molecule has 0 aliphatic carbocycles. The standard InChI is InChI=1S/C25H16FN3O/c1-15-13-27-14-20-23(15)29(16-7-3-2-4-8-16)25(28-20)18-11-12-19(26)22-17-9-5-6-10-21(17)30-24(18)22/h2-14H,1H3. The molecule has 0 saturated carbocycles. The van der Waals surface area contributed by atoms with Gasteiger partial charge >= 0.3 is 0 Å². The summed E-state index contributed by atoms with van der Waals surface area (Å²) in [7, 11) is 0. The van der Waals surface area contributed by atoms with Crippen LogP contribution in [0.2, 0.25) is 0 Å². The van der Waals surface area contributed by atoms with Crippen molar-refractivity contribution in [1.29, 1.82) is 0 Å². The summed E-state index contributed by atoms with van der Waals surface area (Å²) >= 11 is 0. The third-order valence-electron chi connectivity index (χ3n) is 5.47. The number of nitrogens with zero attached hydrogens (tertiary/aromatic N) is 3. The fourth-order valence-electron chi connectivity index (χ4n) is 4.16. The van der Waals surface area contributed by atoms with Gasteiger partial charge in [-0.05, 0) is 42.8 Å². The molecule has 3 aromatic carbocycles. The van der Waals surface area contributed by atoms with Crippen molar-refractivity contribution in [2.75, 3.05) is 0 Å². The molecule has 30 heavy (non-hydrogen) atoms. The van der Waals surface area contributed by atoms with Gasteiger partial charge < -0.3 is 4.42 Å². The van der Waals surface area contributed by atoms with Gasteiger partial charge in [0.1, 0.15) is 28.3 Å². The zero-order valence-electron chi connectivity index (χ0n) is 16.1. The first-order valence-corrected chi connectivity index (χ1v) is 9.71. The maximum absolute atomic E-state index is 14.8. The Kier molecular flexibility index (Phi) is 3.53. The number of hydrogen-bond donors (Lipinski definition) is 0. The number of aromatic nitrogens is 3. The minimum atomic E-state index is -0.307. The second-order valence-electron chi connectivity index (χ2n) is 7.33. The molecule has 0 aliphatic heterocycles. The number of fused-ring (bicyclic) bond motifs is 4. The number of imidazole rings is 1. The SMILES string of the molecule is Cc1cncc2nc(-c3ccc(F)c4c3oc3ccccc34)n(-c3ccccc3)c12. The average molecular weight is 393 g/mol. The van der Waals surface area contributed by atoms with E-state index in [0.717, 1.165) is 33.2 Å². The van der Waals surface area contributed by atoms with Crippen LogP contribution in [0.5, 0.6) is 0 Å². The van der Waals surface area contributed by atoms with E-state index in [1.54, 1.807) is 12.3 Å². The number of aryl methyl sites for hydroxylation is 1. The number of furan rings is 1. The zero-order chi connectivity index (χ0) is 20.2. The van der Waals surface area contributed by atoms with Gasteiger partial charge in [0.15, 0.2) is 0 Å². The molecule has 144 valence electrons. The Balaban J connectivity index is 1.78. The van der Waals surface area contributed by atoms with Crippen LogP contribution in [-0.4, -0.2) is 14.5 Å². The molecule has 5 heteroatoms. The highest BCUT2D eigenvalue weighted by atomic mass is 19.1. The Hall–Kier alpha value is -3.99. The predicted octanol–water partition coefficient (Wildman–Crippen LogP) is 6.43. The molecular formula is C25H16FN3O. The van der Waals surface area contributed by atoms with Crippen molar-refractivity contribution < 1.29 is 8.81 Å². The highest BCUT2D eigenvalue weighted by Crippen LogP contribution is 2.39. The van der Waals surface area contributed by atoms with Crippen LogP contribution in [-0.2, 0) is 0 Å². The van der Waals surface area contributed by atoms with E-state index in [1.165, 1.54) is 6.07 Å². The second-order valence-corrected chi connectivity index (χ2v) is 7.33. The molecule has 0 spiro atoms. The molecule has 0 unspecified atom stereocenters. The maximum atomic E-state index is 14.8. The molecule has 6 aromatic rings. The molecule has 0 amide bonds. The van der Waals surface area contributed by atoms with E-state index in [0.29, 0.717) is 22.4 Å². The molecule has 4 nitrogen and oxygen atoms in total. The number of rotatable bonds is 2. The van der Waals surface area contributed by atoms with Crippen LogP contribution in [0.1, 0.15) is 5.56 Å². The third kappa shape index (κ3) is 2.32. The number of benzene rings is 3. The number of halogens is 1. The largest absolute Gasteiger partial charge is 0.455 e. The summed E-state index contributed by atoms with van der Waals surface area (Å²) in [5, 5.41) is 1.23. The van der Waals surface area contributed by atoms with Crippen LogP contribution in [0, 0.1) is 12.7 Å². The molecule has 0 aliphatic rings. The molecule has 3 heterocycles. The maximum Gasteiger partial charge on any atom is 0.149 e. The van der Waals surface area contributed by atoms with Crippen molar-refractivity contribution in [3.05, 3.63) is 90.5 Å². The van der Waals surface area contributed by atoms with Gasteiger partial charge in [-0.2, -0.15) is 0 Å². The number of para-hydroxylation sites is 2. The predicted molar refractivity (Wildman–Crippen MR) is 116 cm³/mol. The van der Waals surface area contributed by atoms with Gasteiger partial charge in [-0.25, -0.2) is 9.37 Å². The van der Waals surface area contributed by atoms with Crippen molar-refractivity contribution in [2.24, 2.45) is 0 Å². The van der Waals surface area contributed by atoms with Crippen LogP contribution in [0.3, 0.4) is 0 Å². The Morgan fingerprint density at radius 1 is 0.900 bits per heavy atom. The minimum Gasteiger partial charge on any atom is -0.455 e. The monoisotopic (exact) mass is 393 g/mol. The van der Waals surface area contributed by atoms with Gasteiger partial charge in [0.25, 0.3) is 0 Å². The topological polar surface area (TPSA) is 43.9 Å². The Morgan fingerprint density at radius 2 is 1.70 bits per heavy atom. The molecule has 3 aromatic heterocycles. The first kappa shape index (κ1) is 16.9. The molecule has 0 saturated heterocycles. The van der Waals surface area contributed by atoms with Gasteiger partial charge in [-0.3, -0.25) is 9.55 Å². The van der Waals surface area contributed by atoms with Crippen molar-refractivity contribution >= 4 is 33.0 Å². The van der Waals surface area contributed by atoms with Crippen molar-refractivity contribution in [1.82, 2.24) is 14.5 Å². The van der Waals surface area contributed by atoms with Crippen LogP contribution in [0.4, 0.5) is 4.39 Å². The van der Waals surface area contributed by atoms with Gasteiger partial charge in [0.2, 0.25) is 0 Å². The summed E-state index contributed by atoms with van der Waals surface area (Å²) < 4.78 is 23.1. The van der Waals surface area contributed by atoms with E-state index < -0.39 is 0 Å². The minimum absolute atomic E-state index is 0.307. The van der Waals surface area contributed by atoms with Gasteiger partial charge in [0, 0.05) is 17.3 Å². The lowest BCUT2D eigenvalue weighted by Gasteiger charge is -2.11. The van der Waals surface area contributed by atoms with E-state index in [2.05, 4.69) is 9.55 Å². The quantitative estimate of drug-likeness (QED) is 0.340. The van der Waals surface area contributed by atoms with Crippen molar-refractivity contribution in [3.63, 3.8) is 0 Å². The van der Waals surface area contributed by atoms with E-state index >= 15 is 0 Å². The van der Waals surface area contributed by atoms with Gasteiger partial charge in [-0.1, -0.05) is 36.4 Å². The molecular weight excluding hydrogens is 377 g/mol. The van der Waals surface area contributed by atoms with Gasteiger partial charge in [-0.15, -0.1) is 0 Å². The van der Waals surface area contributed by atoms with Crippen LogP contribution in [0.15, 0.2) is 83.5 Å². The molecule has 0 radical (unpaired) electrons. The fourth-order valence-corrected chi connectivity index (χ4v) is 4.16. The summed E-state index contributed by atoms with van der Waals surface area (Å²) in [6.45, 7) is 2.02. The normalized spacial score (nSPS) is 11.7. The lowest BCUT2D eigenvalue weighted by atomic mass is 10.1. The number of hydrogen-bond acceptors (Lipinski definition) is 3. The van der Waals surface area contributed by atoms with E-state index in [9.17, 15) is 4.39 Å². The molecule has 0 atom stereocenters. The molecule has 0 N–H and O–H groups in total. The second kappa shape index (κ2) is 6.26. The van der Waals surface area contributed by atoms with Crippen LogP contribution in [0.25, 0.3) is 50.0 Å². The van der Waals surface area contributed by atoms with Crippen molar-refractivity contribution in [2.45, 2.75) is 6.92 Å². The summed E-state index contributed by atoms with van der Waals surface area (Å²) in [5.41, 5.74) is 5.62. The summed E-state index contributed by atoms with van der Waals surface area (Å²) in [4.78, 5) is 9.19. The summed E-state index contributed by atoms with van der Waals surface area (Å²) in [6, 6.07) is 20.7. The highest BCUT2D eigenvalue weighted by molar-refractivity contribution is 6.09. The van der Waals surface area contributed by atoms with Crippen LogP contribution >= 0.6 is 0 Å². The van der Waals surface area contributed by atoms with E-state index in [4.69, 9.17) is 9.40 Å². The van der Waals surface area contributed by atoms with E-state index in [1.807, 2.05) is 67.7 Å². The Morgan fingerprint density at radius 3 is 2.57 bits per heavy atom. The fraction of sp³-hybridized carbons (Fsp3) is 0.0400. The van der Waals surface area contributed by atoms with E-state index in [-0.39, 0.29) is 5.82 Å². The first-order valence-electron chi connectivity index (χ1n) is 9.71. The average Bonchev–Trinajstić information content (AvgIpc) is 3.35. The van der Waals surface area contributed by atoms with Crippen molar-refractivity contribution in [3.8, 4) is 17.1 Å². The molecule has 6 rings (SSSR count). The summed E-state index contributed by atoms with van der Waals surface area (Å²) in [6.07, 6.45) is 3.58. The number of pyridine rings is 1. The van der Waals surface area contributed by atoms with Gasteiger partial charge in [0.05, 0.1) is 22.7 Å². The van der Waals surface area contributed by atoms with Crippen LogP contribution < -0.4 is 0 Å². The highest BCUT2D eigenvalue weighted by Gasteiger charge is 2.22. The lowest BCUT2D eigenvalue weighted by molar-refractivity contribution is 0.634. The molecule has 0 bridgehead atoms. The third-order valence-corrected chi connectivity index (χ3v) is 5.47. The zero-order valence-corrected chi connectivity index (χ0v) is 16.1. The summed E-state index contributed by atoms with van der Waals surface area (Å²) in [5.74, 6) is 0.385.